The molecule has 2 aromatic rings. The van der Waals surface area contributed by atoms with E-state index in [0.717, 1.165) is 12.0 Å². The Morgan fingerprint density at radius 3 is 2.89 bits per heavy atom. The van der Waals surface area contributed by atoms with Crippen LogP contribution in [0.25, 0.3) is 0 Å². The molecule has 1 amide bonds. The molecule has 0 aliphatic carbocycles. The van der Waals surface area contributed by atoms with Gasteiger partial charge in [-0.1, -0.05) is 23.7 Å². The Labute approximate surface area is 118 Å². The van der Waals surface area contributed by atoms with Crippen LogP contribution in [0.3, 0.4) is 0 Å². The maximum atomic E-state index is 11.8. The third-order valence-corrected chi connectivity index (χ3v) is 3.30. The second-order valence-corrected chi connectivity index (χ2v) is 4.90. The summed E-state index contributed by atoms with van der Waals surface area (Å²) in [7, 11) is 0. The van der Waals surface area contributed by atoms with Gasteiger partial charge in [-0.3, -0.25) is 4.79 Å². The zero-order valence-electron chi connectivity index (χ0n) is 9.45. The minimum Gasteiger partial charge on any atom is -0.457 e. The predicted octanol–water partition coefficient (Wildman–Crippen LogP) is 3.67. The standard InChI is InChI=1S/C13H11BrClNO2/c14-12-11(5-7-18-12)13(17)16-6-4-9-2-1-3-10(15)8-9/h1-3,5,7-8H,4,6H2,(H,16,17). The van der Waals surface area contributed by atoms with Gasteiger partial charge in [0.1, 0.15) is 0 Å². The van der Waals surface area contributed by atoms with E-state index in [4.69, 9.17) is 16.0 Å². The van der Waals surface area contributed by atoms with Crippen LogP contribution in [0.1, 0.15) is 15.9 Å². The third kappa shape index (κ3) is 3.37. The van der Waals surface area contributed by atoms with E-state index in [1.807, 2.05) is 24.3 Å². The fourth-order valence-electron chi connectivity index (χ4n) is 1.56. The van der Waals surface area contributed by atoms with Crippen LogP contribution in [0.15, 0.2) is 45.7 Å². The number of furan rings is 1. The lowest BCUT2D eigenvalue weighted by atomic mass is 10.1. The van der Waals surface area contributed by atoms with E-state index in [-0.39, 0.29) is 5.91 Å². The van der Waals surface area contributed by atoms with Gasteiger partial charge in [-0.05, 0) is 46.1 Å². The molecule has 0 radical (unpaired) electrons. The maximum Gasteiger partial charge on any atom is 0.255 e. The van der Waals surface area contributed by atoms with Gasteiger partial charge in [0.05, 0.1) is 11.8 Å². The van der Waals surface area contributed by atoms with E-state index in [0.29, 0.717) is 21.8 Å². The number of halogens is 2. The van der Waals surface area contributed by atoms with Crippen LogP contribution in [0.2, 0.25) is 5.02 Å². The summed E-state index contributed by atoms with van der Waals surface area (Å²) in [5.74, 6) is -0.155. The zero-order chi connectivity index (χ0) is 13.0. The van der Waals surface area contributed by atoms with Crippen molar-refractivity contribution in [3.8, 4) is 0 Å². The Kier molecular flexibility index (Phi) is 4.44. The first-order valence-electron chi connectivity index (χ1n) is 5.42. The molecule has 2 rings (SSSR count). The van der Waals surface area contributed by atoms with Crippen molar-refractivity contribution >= 4 is 33.4 Å². The largest absolute Gasteiger partial charge is 0.457 e. The fraction of sp³-hybridized carbons (Fsp3) is 0.154. The smallest absolute Gasteiger partial charge is 0.255 e. The molecule has 0 spiro atoms. The molecule has 18 heavy (non-hydrogen) atoms. The lowest BCUT2D eigenvalue weighted by molar-refractivity contribution is 0.0952. The number of carbonyl (C=O) groups is 1. The highest BCUT2D eigenvalue weighted by atomic mass is 79.9. The lowest BCUT2D eigenvalue weighted by Crippen LogP contribution is -2.25. The maximum absolute atomic E-state index is 11.8. The molecule has 0 saturated carbocycles. The second-order valence-electron chi connectivity index (χ2n) is 3.74. The van der Waals surface area contributed by atoms with Crippen molar-refractivity contribution in [3.05, 3.63) is 57.4 Å². The van der Waals surface area contributed by atoms with E-state index in [9.17, 15) is 4.79 Å². The summed E-state index contributed by atoms with van der Waals surface area (Å²) in [5.41, 5.74) is 1.59. The molecule has 0 unspecified atom stereocenters. The molecule has 1 aromatic heterocycles. The summed E-state index contributed by atoms with van der Waals surface area (Å²) < 4.78 is 5.45. The number of rotatable bonds is 4. The summed E-state index contributed by atoms with van der Waals surface area (Å²) in [6, 6.07) is 9.21. The van der Waals surface area contributed by atoms with Crippen LogP contribution >= 0.6 is 27.5 Å². The Hall–Kier alpha value is -1.26. The molecular formula is C13H11BrClNO2. The van der Waals surface area contributed by atoms with Crippen molar-refractivity contribution in [2.24, 2.45) is 0 Å². The average Bonchev–Trinajstić information content (AvgIpc) is 2.75. The minimum atomic E-state index is -0.155. The fourth-order valence-corrected chi connectivity index (χ4v) is 2.20. The summed E-state index contributed by atoms with van der Waals surface area (Å²) in [6.45, 7) is 0.552. The Balaban J connectivity index is 1.86. The minimum absolute atomic E-state index is 0.155. The van der Waals surface area contributed by atoms with Gasteiger partial charge in [-0.15, -0.1) is 0 Å². The van der Waals surface area contributed by atoms with Crippen LogP contribution in [-0.2, 0) is 6.42 Å². The van der Waals surface area contributed by atoms with E-state index in [2.05, 4.69) is 21.2 Å². The number of amides is 1. The van der Waals surface area contributed by atoms with Crippen LogP contribution in [0, 0.1) is 0 Å². The van der Waals surface area contributed by atoms with Gasteiger partial charge in [0.15, 0.2) is 4.67 Å². The van der Waals surface area contributed by atoms with Crippen molar-refractivity contribution in [2.75, 3.05) is 6.54 Å². The summed E-state index contributed by atoms with van der Waals surface area (Å²) in [6.07, 6.45) is 2.21. The second kappa shape index (κ2) is 6.07. The molecule has 0 aliphatic heterocycles. The highest BCUT2D eigenvalue weighted by Crippen LogP contribution is 2.17. The highest BCUT2D eigenvalue weighted by molar-refractivity contribution is 9.10. The van der Waals surface area contributed by atoms with Crippen LogP contribution in [-0.4, -0.2) is 12.5 Å². The van der Waals surface area contributed by atoms with Crippen molar-refractivity contribution in [2.45, 2.75) is 6.42 Å². The first kappa shape index (κ1) is 13.2. The van der Waals surface area contributed by atoms with Crippen molar-refractivity contribution in [1.82, 2.24) is 5.32 Å². The SMILES string of the molecule is O=C(NCCc1cccc(Cl)c1)c1ccoc1Br. The highest BCUT2D eigenvalue weighted by Gasteiger charge is 2.11. The van der Waals surface area contributed by atoms with Crippen molar-refractivity contribution in [3.63, 3.8) is 0 Å². The number of carbonyl (C=O) groups excluding carboxylic acids is 1. The first-order valence-corrected chi connectivity index (χ1v) is 6.59. The van der Waals surface area contributed by atoms with E-state index >= 15 is 0 Å². The molecule has 5 heteroatoms. The molecule has 1 aromatic carbocycles. The molecule has 1 N–H and O–H groups in total. The quantitative estimate of drug-likeness (QED) is 0.930. The normalized spacial score (nSPS) is 10.3. The number of nitrogens with one attached hydrogen (secondary N) is 1. The molecule has 0 atom stereocenters. The Morgan fingerprint density at radius 1 is 1.39 bits per heavy atom. The Morgan fingerprint density at radius 2 is 2.22 bits per heavy atom. The topological polar surface area (TPSA) is 42.2 Å². The van der Waals surface area contributed by atoms with Gasteiger partial charge in [-0.2, -0.15) is 0 Å². The van der Waals surface area contributed by atoms with E-state index in [1.165, 1.54) is 6.26 Å². The number of hydrogen-bond donors (Lipinski definition) is 1. The van der Waals surface area contributed by atoms with Gasteiger partial charge in [0.25, 0.3) is 5.91 Å². The molecule has 0 saturated heterocycles. The molecule has 3 nitrogen and oxygen atoms in total. The lowest BCUT2D eigenvalue weighted by Gasteiger charge is -2.04. The van der Waals surface area contributed by atoms with Gasteiger partial charge >= 0.3 is 0 Å². The van der Waals surface area contributed by atoms with Gasteiger partial charge in [0, 0.05) is 11.6 Å². The molecule has 94 valence electrons. The molecule has 0 aliphatic rings. The van der Waals surface area contributed by atoms with Gasteiger partial charge in [-0.25, -0.2) is 0 Å². The Bertz CT molecular complexity index is 553. The van der Waals surface area contributed by atoms with Crippen LogP contribution < -0.4 is 5.32 Å². The third-order valence-electron chi connectivity index (χ3n) is 2.45. The van der Waals surface area contributed by atoms with Crippen LogP contribution in [0.4, 0.5) is 0 Å². The summed E-state index contributed by atoms with van der Waals surface area (Å²) >= 11 is 9.05. The van der Waals surface area contributed by atoms with Crippen molar-refractivity contribution < 1.29 is 9.21 Å². The number of benzene rings is 1. The van der Waals surface area contributed by atoms with Crippen molar-refractivity contribution in [1.29, 1.82) is 0 Å². The first-order chi connectivity index (χ1) is 8.66. The van der Waals surface area contributed by atoms with E-state index in [1.54, 1.807) is 6.07 Å². The molecular weight excluding hydrogens is 318 g/mol. The van der Waals surface area contributed by atoms with Crippen LogP contribution in [0.5, 0.6) is 0 Å². The molecule has 1 heterocycles. The van der Waals surface area contributed by atoms with Gasteiger partial charge < -0.3 is 9.73 Å². The summed E-state index contributed by atoms with van der Waals surface area (Å²) in [4.78, 5) is 11.8. The predicted molar refractivity (Wildman–Crippen MR) is 73.9 cm³/mol. The average molecular weight is 329 g/mol. The van der Waals surface area contributed by atoms with Gasteiger partial charge in [0.2, 0.25) is 0 Å². The molecule has 0 fully saturated rings. The molecule has 0 bridgehead atoms. The monoisotopic (exact) mass is 327 g/mol. The summed E-state index contributed by atoms with van der Waals surface area (Å²) in [5, 5.41) is 3.53. The van der Waals surface area contributed by atoms with E-state index < -0.39 is 0 Å². The number of hydrogen-bond acceptors (Lipinski definition) is 2. The zero-order valence-corrected chi connectivity index (χ0v) is 11.8.